The van der Waals surface area contributed by atoms with Crippen LogP contribution in [0.5, 0.6) is 0 Å². The molecule has 0 aliphatic heterocycles. The quantitative estimate of drug-likeness (QED) is 0.299. The Balaban J connectivity index is 1.97. The molecule has 0 fully saturated rings. The van der Waals surface area contributed by atoms with E-state index in [-0.39, 0.29) is 0 Å². The maximum atomic E-state index is 4.29. The third-order valence-corrected chi connectivity index (χ3v) is 0.204. The number of rotatable bonds is 1. The van der Waals surface area contributed by atoms with Gasteiger partial charge in [0, 0.05) is 7.05 Å². The van der Waals surface area contributed by atoms with Crippen LogP contribution in [-0.2, 0) is 4.76 Å². The monoisotopic (exact) mass is 59.1 g/mol. The summed E-state index contributed by atoms with van der Waals surface area (Å²) in [6, 6.07) is 0. The van der Waals surface area contributed by atoms with Crippen molar-refractivity contribution in [2.24, 2.45) is 0 Å². The minimum atomic E-state index is 1.57. The molecule has 3 heteroatoms. The van der Waals surface area contributed by atoms with Crippen molar-refractivity contribution in [3.63, 3.8) is 0 Å². The summed E-state index contributed by atoms with van der Waals surface area (Å²) >= 11 is 0. The fourth-order valence-electron chi connectivity index (χ4n) is 0. The average molecular weight is 58.9 g/mol. The van der Waals surface area contributed by atoms with Gasteiger partial charge in [-0.05, 0) is 0 Å². The molecule has 0 aliphatic rings. The Morgan fingerprint density at radius 1 is 2.00 bits per heavy atom. The second-order valence-corrected chi connectivity index (χ2v) is 0.408. The van der Waals surface area contributed by atoms with Gasteiger partial charge in [-0.3, -0.25) is 0 Å². The smallest absolute Gasteiger partial charge is 0.287 e. The molecule has 0 saturated heterocycles. The van der Waals surface area contributed by atoms with Gasteiger partial charge in [-0.25, -0.2) is 5.48 Å². The van der Waals surface area contributed by atoms with Crippen molar-refractivity contribution in [2.75, 3.05) is 7.05 Å². The number of nitrogens with one attached hydrogen (secondary N) is 1. The Hall–Kier alpha value is -0.0151. The number of hydrogen-bond acceptors (Lipinski definition) is 2. The van der Waals surface area contributed by atoms with Crippen LogP contribution in [0.3, 0.4) is 0 Å². The van der Waals surface area contributed by atoms with E-state index < -0.39 is 0 Å². The molecule has 0 aliphatic carbocycles. The highest BCUT2D eigenvalue weighted by Gasteiger charge is 1.47. The summed E-state index contributed by atoms with van der Waals surface area (Å²) in [5.74, 6) is 0. The van der Waals surface area contributed by atoms with E-state index in [1.807, 2.05) is 0 Å². The molecule has 0 aromatic carbocycles. The van der Waals surface area contributed by atoms with Crippen molar-refractivity contribution < 1.29 is 4.76 Å². The van der Waals surface area contributed by atoms with Crippen molar-refractivity contribution in [1.29, 1.82) is 0 Å². The molecular formula is CH6BNO. The van der Waals surface area contributed by atoms with Gasteiger partial charge in [0.05, 0.1) is 0 Å². The zero-order chi connectivity index (χ0) is 3.41. The van der Waals surface area contributed by atoms with Gasteiger partial charge in [-0.15, -0.1) is 0 Å². The highest BCUT2D eigenvalue weighted by molar-refractivity contribution is 5.97. The molecule has 1 N–H and O–H groups in total. The number of hydroxylamine groups is 1. The van der Waals surface area contributed by atoms with Crippen molar-refractivity contribution in [2.45, 2.75) is 0 Å². The molecule has 0 saturated carbocycles. The van der Waals surface area contributed by atoms with Crippen LogP contribution in [0.1, 0.15) is 0 Å². The highest BCUT2D eigenvalue weighted by Crippen LogP contribution is 1.29. The Morgan fingerprint density at radius 2 is 2.25 bits per heavy atom. The SMILES string of the molecule is BONC. The average Bonchev–Trinajstić information content (AvgIpc) is 1.37. The van der Waals surface area contributed by atoms with Crippen LogP contribution in [-0.4, -0.2) is 15.1 Å². The van der Waals surface area contributed by atoms with Crippen LogP contribution in [0.4, 0.5) is 0 Å². The van der Waals surface area contributed by atoms with E-state index in [4.69, 9.17) is 0 Å². The summed E-state index contributed by atoms with van der Waals surface area (Å²) in [6.45, 7) is 0. The minimum absolute atomic E-state index is 1.57. The largest absolute Gasteiger partial charge is 0.373 e. The molecule has 0 aromatic rings. The maximum absolute atomic E-state index is 4.29. The van der Waals surface area contributed by atoms with Crippen molar-refractivity contribution in [3.05, 3.63) is 0 Å². The lowest BCUT2D eigenvalue weighted by molar-refractivity contribution is 0.248. The molecule has 4 heavy (non-hydrogen) atoms. The molecule has 0 unspecified atom stereocenters. The van der Waals surface area contributed by atoms with Gasteiger partial charge in [-0.2, -0.15) is 0 Å². The number of hydrogen-bond donors (Lipinski definition) is 1. The first-order valence-corrected chi connectivity index (χ1v) is 1.11. The lowest BCUT2D eigenvalue weighted by atomic mass is 10.6. The molecule has 0 amide bonds. The minimum Gasteiger partial charge on any atom is -0.373 e. The van der Waals surface area contributed by atoms with E-state index in [2.05, 4.69) is 10.2 Å². The standard InChI is InChI=1S/CH6BNO/c1-3-4-2/h3H,2H2,1H3. The maximum Gasteiger partial charge on any atom is 0.287 e. The predicted octanol–water partition coefficient (Wildman–Crippen LogP) is -1.31. The Morgan fingerprint density at radius 3 is 2.25 bits per heavy atom. The normalized spacial score (nSPS) is 7.25. The van der Waals surface area contributed by atoms with Gasteiger partial charge in [0.1, 0.15) is 0 Å². The topological polar surface area (TPSA) is 21.3 Å². The van der Waals surface area contributed by atoms with Crippen LogP contribution in [0.15, 0.2) is 0 Å². The van der Waals surface area contributed by atoms with Crippen molar-refractivity contribution >= 4 is 8.05 Å². The molecule has 0 spiro atoms. The first-order valence-electron chi connectivity index (χ1n) is 1.11. The zero-order valence-corrected chi connectivity index (χ0v) is 2.91. The molecule has 0 heterocycles. The first kappa shape index (κ1) is 3.98. The van der Waals surface area contributed by atoms with Gasteiger partial charge in [0.25, 0.3) is 8.05 Å². The molecule has 0 atom stereocenters. The van der Waals surface area contributed by atoms with Crippen LogP contribution in [0.25, 0.3) is 0 Å². The second kappa shape index (κ2) is 2.98. The second-order valence-electron chi connectivity index (χ2n) is 0.408. The van der Waals surface area contributed by atoms with Gasteiger partial charge < -0.3 is 4.76 Å². The molecule has 0 rings (SSSR count). The third kappa shape index (κ3) is 1.98. The molecule has 2 nitrogen and oxygen atoms in total. The van der Waals surface area contributed by atoms with E-state index in [1.165, 1.54) is 0 Å². The fourth-order valence-corrected chi connectivity index (χ4v) is 0. The summed E-state index contributed by atoms with van der Waals surface area (Å²) in [6.07, 6.45) is 0. The zero-order valence-electron chi connectivity index (χ0n) is 2.91. The van der Waals surface area contributed by atoms with Crippen LogP contribution in [0.2, 0.25) is 0 Å². The lowest BCUT2D eigenvalue weighted by Crippen LogP contribution is -2.01. The summed E-state index contributed by atoms with van der Waals surface area (Å²) in [7, 11) is 3.28. The van der Waals surface area contributed by atoms with E-state index in [0.717, 1.165) is 0 Å². The van der Waals surface area contributed by atoms with Crippen LogP contribution >= 0.6 is 0 Å². The highest BCUT2D eigenvalue weighted by atomic mass is 16.6. The van der Waals surface area contributed by atoms with E-state index in [9.17, 15) is 0 Å². The molecule has 0 aromatic heterocycles. The Labute approximate surface area is 26.5 Å². The molecule has 0 radical (unpaired) electrons. The van der Waals surface area contributed by atoms with E-state index >= 15 is 0 Å². The Bertz CT molecular complexity index is 10.0. The summed E-state index contributed by atoms with van der Waals surface area (Å²) in [5, 5.41) is 0. The first-order chi connectivity index (χ1) is 1.91. The Kier molecular flexibility index (Phi) is 2.97. The van der Waals surface area contributed by atoms with Crippen molar-refractivity contribution in [1.82, 2.24) is 5.48 Å². The lowest BCUT2D eigenvalue weighted by Gasteiger charge is -1.81. The van der Waals surface area contributed by atoms with Gasteiger partial charge in [-0.1, -0.05) is 0 Å². The van der Waals surface area contributed by atoms with Crippen molar-refractivity contribution in [3.8, 4) is 0 Å². The molecule has 0 bridgehead atoms. The summed E-state index contributed by atoms with van der Waals surface area (Å²) in [4.78, 5) is 0. The van der Waals surface area contributed by atoms with E-state index in [1.54, 1.807) is 15.1 Å². The molecular weight excluding hydrogens is 52.8 g/mol. The predicted molar refractivity (Wildman–Crippen MR) is 18.7 cm³/mol. The summed E-state index contributed by atoms with van der Waals surface area (Å²) < 4.78 is 4.29. The summed E-state index contributed by atoms with van der Waals surface area (Å²) in [5.41, 5.74) is 2.43. The van der Waals surface area contributed by atoms with Gasteiger partial charge in [0.15, 0.2) is 0 Å². The van der Waals surface area contributed by atoms with Crippen LogP contribution in [0, 0.1) is 0 Å². The van der Waals surface area contributed by atoms with Gasteiger partial charge >= 0.3 is 0 Å². The molecule has 24 valence electrons. The fraction of sp³-hybridized carbons (Fsp3) is 1.00. The van der Waals surface area contributed by atoms with Crippen LogP contribution < -0.4 is 5.48 Å². The third-order valence-electron chi connectivity index (χ3n) is 0.204. The van der Waals surface area contributed by atoms with E-state index in [0.29, 0.717) is 0 Å². The van der Waals surface area contributed by atoms with Gasteiger partial charge in [0.2, 0.25) is 0 Å².